The maximum absolute atomic E-state index is 5.11. The van der Waals surface area contributed by atoms with Crippen LogP contribution in [0.5, 0.6) is 0 Å². The predicted molar refractivity (Wildman–Crippen MR) is 293 cm³/mol. The molecule has 69 heavy (non-hydrogen) atoms. The molecule has 9 aromatic rings. The summed E-state index contributed by atoms with van der Waals surface area (Å²) in [6.45, 7) is 21.3. The van der Waals surface area contributed by atoms with E-state index in [2.05, 4.69) is 271 Å². The fourth-order valence-electron chi connectivity index (χ4n) is 9.77. The molecule has 0 amide bonds. The zero-order chi connectivity index (χ0) is 46.7. The molecule has 0 saturated carbocycles. The van der Waals surface area contributed by atoms with Crippen LogP contribution in [0, 0.1) is 19.6 Å². The largest absolute Gasteiger partial charge is 0.358 e. The van der Waals surface area contributed by atoms with Crippen molar-refractivity contribution in [1.82, 2.24) is 9.55 Å². The van der Waals surface area contributed by atoms with Crippen molar-refractivity contribution in [3.8, 4) is 16.9 Å². The Morgan fingerprint density at radius 2 is 1.10 bits per heavy atom. The summed E-state index contributed by atoms with van der Waals surface area (Å²) in [6, 6.07) is 71.4. The number of hydrogen-bond acceptors (Lipinski definition) is 3. The molecule has 0 unspecified atom stereocenters. The molecule has 7 aromatic carbocycles. The van der Waals surface area contributed by atoms with Crippen LogP contribution in [0.15, 0.2) is 188 Å². The second-order valence-corrected chi connectivity index (χ2v) is 25.0. The molecule has 0 N–H and O–H groups in total. The van der Waals surface area contributed by atoms with Crippen LogP contribution in [0.1, 0.15) is 79.0 Å². The number of hydrogen-bond donors (Lipinski definition) is 0. The number of aromatic nitrogens is 2. The number of benzene rings is 7. The summed E-state index contributed by atoms with van der Waals surface area (Å²) in [6.07, 6.45) is 6.40. The van der Waals surface area contributed by atoms with E-state index in [0.717, 1.165) is 27.9 Å². The Morgan fingerprint density at radius 3 is 1.74 bits per heavy atom. The number of pyridine rings is 1. The molecule has 2 aromatic heterocycles. The number of anilines is 2. The molecule has 6 heteroatoms. The molecule has 352 valence electrons. The van der Waals surface area contributed by atoms with Gasteiger partial charge in [-0.25, -0.2) is 4.98 Å². The first-order chi connectivity index (χ1) is 32.1. The van der Waals surface area contributed by atoms with E-state index in [9.17, 15) is 0 Å². The minimum Gasteiger partial charge on any atom is -0.358 e. The first-order valence-corrected chi connectivity index (χ1v) is 25.6. The van der Waals surface area contributed by atoms with Crippen molar-refractivity contribution < 1.29 is 21.1 Å². The van der Waals surface area contributed by atoms with E-state index in [1.807, 2.05) is 6.20 Å². The van der Waals surface area contributed by atoms with Crippen LogP contribution < -0.4 is 30.5 Å². The first kappa shape index (κ1) is 49.2. The van der Waals surface area contributed by atoms with Gasteiger partial charge in [0.25, 0.3) is 0 Å². The molecular weight excluding hydrogens is 1040 g/mol. The Balaban J connectivity index is 0.00000321. The average Bonchev–Trinajstić information content (AvgIpc) is 3.96. The van der Waals surface area contributed by atoms with Gasteiger partial charge in [0.05, 0.1) is 6.67 Å². The number of nitrogens with zero attached hydrogens (tertiary/aromatic N) is 4. The van der Waals surface area contributed by atoms with Crippen molar-refractivity contribution in [3.05, 3.63) is 225 Å². The standard InChI is InChI=1S/C62H60N4Si.CH3.Pt/c1-60(2,3)46-22-19-23-49(37-46)64-34-35-65(43-64)50-38-48(62(7,8)9)39-54(41-50)67(51-24-15-11-16-25-51,52-26-17-12-18-27-52)53-29-30-55-56-36-45(44-20-13-10-14-21-44)28-31-57(56)66(58(55)42-53)59-40-47(32-33-63-59)61(4,5)6;;/h10-40H,43H2,1-9H3;1H3;/q-2;-1;. The van der Waals surface area contributed by atoms with E-state index >= 15 is 0 Å². The Kier molecular flexibility index (Phi) is 13.5. The van der Waals surface area contributed by atoms with E-state index < -0.39 is 8.07 Å². The fourth-order valence-corrected chi connectivity index (χ4v) is 14.3. The fraction of sp³-hybridized carbons (Fsp3) is 0.206. The van der Waals surface area contributed by atoms with Crippen LogP contribution in [0.4, 0.5) is 11.4 Å². The Hall–Kier alpha value is -6.26. The molecular formula is C63H63N4PtSi-3. The van der Waals surface area contributed by atoms with Crippen molar-refractivity contribution in [2.75, 3.05) is 16.5 Å². The monoisotopic (exact) mass is 1100 g/mol. The summed E-state index contributed by atoms with van der Waals surface area (Å²) < 4.78 is 2.35. The van der Waals surface area contributed by atoms with Crippen LogP contribution in [0.2, 0.25) is 0 Å². The van der Waals surface area contributed by atoms with E-state index in [-0.39, 0.29) is 44.7 Å². The van der Waals surface area contributed by atoms with Crippen molar-refractivity contribution >= 4 is 62.0 Å². The topological polar surface area (TPSA) is 24.3 Å². The van der Waals surface area contributed by atoms with Gasteiger partial charge < -0.3 is 21.8 Å². The summed E-state index contributed by atoms with van der Waals surface area (Å²) in [5.74, 6) is 0.891. The van der Waals surface area contributed by atoms with E-state index in [1.54, 1.807) is 0 Å². The van der Waals surface area contributed by atoms with Crippen LogP contribution in [-0.2, 0) is 37.3 Å². The zero-order valence-electron chi connectivity index (χ0n) is 41.7. The van der Waals surface area contributed by atoms with Gasteiger partial charge in [0, 0.05) is 50.9 Å². The van der Waals surface area contributed by atoms with Crippen molar-refractivity contribution in [1.29, 1.82) is 0 Å². The summed E-state index contributed by atoms with van der Waals surface area (Å²) >= 11 is 0. The SMILES string of the molecule is CC(C)(C)c1cc(N2C=CN(c3cccc(C(C)(C)C)c3)C2)[c-]c([Si](c2[c-]c3c(cc2)c2cc(-c4ccccc4)ccc2n3-c2cc(C(C)(C)C)ccn2)(c2ccccc2)c2ccccc2)c1.[CH3-].[Pt]. The second-order valence-electron chi connectivity index (χ2n) is 21.3. The summed E-state index contributed by atoms with van der Waals surface area (Å²) in [7, 11) is -3.21. The van der Waals surface area contributed by atoms with Gasteiger partial charge >= 0.3 is 0 Å². The molecule has 0 fully saturated rings. The van der Waals surface area contributed by atoms with Crippen LogP contribution in [0.3, 0.4) is 0 Å². The molecule has 1 aliphatic heterocycles. The van der Waals surface area contributed by atoms with E-state index in [4.69, 9.17) is 4.98 Å². The van der Waals surface area contributed by atoms with Crippen LogP contribution in [-0.4, -0.2) is 24.3 Å². The maximum Gasteiger partial charge on any atom is 0.135 e. The Bertz CT molecular complexity index is 3240. The van der Waals surface area contributed by atoms with Gasteiger partial charge in [-0.15, -0.1) is 11.5 Å². The van der Waals surface area contributed by atoms with Gasteiger partial charge in [0.15, 0.2) is 0 Å². The van der Waals surface area contributed by atoms with Crippen molar-refractivity contribution in [2.45, 2.75) is 78.6 Å². The first-order valence-electron chi connectivity index (χ1n) is 23.6. The Labute approximate surface area is 426 Å². The normalized spacial score (nSPS) is 13.2. The minimum absolute atomic E-state index is 0. The van der Waals surface area contributed by atoms with Crippen molar-refractivity contribution in [3.63, 3.8) is 0 Å². The van der Waals surface area contributed by atoms with E-state index in [0.29, 0.717) is 6.67 Å². The van der Waals surface area contributed by atoms with Gasteiger partial charge in [0.1, 0.15) is 13.9 Å². The molecule has 0 bridgehead atoms. The van der Waals surface area contributed by atoms with Gasteiger partial charge in [0.2, 0.25) is 0 Å². The third-order valence-electron chi connectivity index (χ3n) is 13.7. The molecule has 0 aliphatic carbocycles. The van der Waals surface area contributed by atoms with E-state index in [1.165, 1.54) is 59.6 Å². The minimum atomic E-state index is -3.21. The van der Waals surface area contributed by atoms with Gasteiger partial charge in [-0.3, -0.25) is 0 Å². The summed E-state index contributed by atoms with van der Waals surface area (Å²) in [4.78, 5) is 9.82. The average molecular weight is 1100 g/mol. The van der Waals surface area contributed by atoms with Crippen LogP contribution in [0.25, 0.3) is 38.8 Å². The molecule has 0 spiro atoms. The molecule has 0 radical (unpaired) electrons. The molecule has 0 saturated heterocycles. The van der Waals surface area contributed by atoms with Crippen molar-refractivity contribution in [2.24, 2.45) is 0 Å². The molecule has 4 nitrogen and oxygen atoms in total. The Morgan fingerprint density at radius 1 is 0.493 bits per heavy atom. The third-order valence-corrected chi connectivity index (χ3v) is 18.2. The third kappa shape index (κ3) is 9.20. The van der Waals surface area contributed by atoms with Gasteiger partial charge in [-0.05, 0) is 84.6 Å². The van der Waals surface area contributed by atoms with Crippen LogP contribution >= 0.6 is 0 Å². The van der Waals surface area contributed by atoms with Gasteiger partial charge in [-0.1, -0.05) is 189 Å². The second kappa shape index (κ2) is 18.9. The number of fused-ring (bicyclic) bond motifs is 3. The number of rotatable bonds is 8. The summed E-state index contributed by atoms with van der Waals surface area (Å²) in [5.41, 5.74) is 10.4. The molecule has 1 aliphatic rings. The summed E-state index contributed by atoms with van der Waals surface area (Å²) in [5, 5.41) is 7.26. The zero-order valence-corrected chi connectivity index (χ0v) is 45.0. The maximum atomic E-state index is 5.11. The molecule has 3 heterocycles. The molecule has 0 atom stereocenters. The molecule has 10 rings (SSSR count). The predicted octanol–water partition coefficient (Wildman–Crippen LogP) is 12.9. The van der Waals surface area contributed by atoms with Gasteiger partial charge in [-0.2, -0.15) is 46.3 Å². The quantitative estimate of drug-likeness (QED) is 0.0861. The smallest absolute Gasteiger partial charge is 0.135 e.